The number of fused-ring (bicyclic) bond motifs is 1. The van der Waals surface area contributed by atoms with Crippen LogP contribution in [0.2, 0.25) is 0 Å². The molecule has 1 unspecified atom stereocenters. The van der Waals surface area contributed by atoms with Crippen molar-refractivity contribution in [2.45, 2.75) is 25.6 Å². The smallest absolute Gasteiger partial charge is 0.156 e. The van der Waals surface area contributed by atoms with Crippen molar-refractivity contribution in [3.63, 3.8) is 0 Å². The normalized spacial score (nSPS) is 15.4. The highest BCUT2D eigenvalue weighted by molar-refractivity contribution is 5.84. The van der Waals surface area contributed by atoms with E-state index in [1.54, 1.807) is 12.5 Å². The van der Waals surface area contributed by atoms with Crippen LogP contribution in [0.1, 0.15) is 24.6 Å². The molecule has 1 saturated heterocycles. The lowest BCUT2D eigenvalue weighted by molar-refractivity contribution is 0.138. The van der Waals surface area contributed by atoms with Crippen LogP contribution >= 0.6 is 0 Å². The number of aliphatic hydroxyl groups excluding tert-OH is 1. The average molecular weight is 459 g/mol. The summed E-state index contributed by atoms with van der Waals surface area (Å²) in [5.41, 5.74) is 4.28. The second kappa shape index (κ2) is 10.7. The van der Waals surface area contributed by atoms with Gasteiger partial charge in [0.15, 0.2) is 5.82 Å². The second-order valence-corrected chi connectivity index (χ2v) is 8.47. The van der Waals surface area contributed by atoms with Crippen LogP contribution < -0.4 is 10.2 Å². The molecular weight excluding hydrogens is 428 g/mol. The van der Waals surface area contributed by atoms with Crippen molar-refractivity contribution in [1.82, 2.24) is 24.8 Å². The second-order valence-electron chi connectivity index (χ2n) is 8.47. The number of benzene rings is 2. The molecule has 8 nitrogen and oxygen atoms in total. The summed E-state index contributed by atoms with van der Waals surface area (Å²) in [7, 11) is 0. The minimum Gasteiger partial charge on any atom is -0.380 e. The minimum atomic E-state index is -0.766. The van der Waals surface area contributed by atoms with Gasteiger partial charge in [0.25, 0.3) is 0 Å². The largest absolute Gasteiger partial charge is 0.380 e. The number of anilines is 1. The van der Waals surface area contributed by atoms with E-state index in [4.69, 9.17) is 14.7 Å². The molecule has 0 bridgehead atoms. The predicted molar refractivity (Wildman–Crippen MR) is 132 cm³/mol. The van der Waals surface area contributed by atoms with E-state index in [-0.39, 0.29) is 0 Å². The highest BCUT2D eigenvalue weighted by Crippen LogP contribution is 2.31. The molecule has 0 spiro atoms. The molecule has 1 fully saturated rings. The number of hydrogen-bond donors (Lipinski definition) is 2. The Hall–Kier alpha value is -3.33. The molecule has 1 aliphatic heterocycles. The average Bonchev–Trinajstić information content (AvgIpc) is 3.26. The van der Waals surface area contributed by atoms with Gasteiger partial charge in [0.2, 0.25) is 0 Å². The number of nitrogens with zero attached hydrogens (tertiary/aromatic N) is 5. The van der Waals surface area contributed by atoms with Crippen molar-refractivity contribution in [1.29, 1.82) is 0 Å². The first-order chi connectivity index (χ1) is 16.8. The predicted octanol–water partition coefficient (Wildman–Crippen LogP) is 3.39. The summed E-state index contributed by atoms with van der Waals surface area (Å²) in [6.07, 6.45) is 6.59. The van der Waals surface area contributed by atoms with Gasteiger partial charge in [-0.3, -0.25) is 5.32 Å². The van der Waals surface area contributed by atoms with Crippen LogP contribution in [0.25, 0.3) is 22.3 Å². The van der Waals surface area contributed by atoms with E-state index in [0.717, 1.165) is 72.8 Å². The Morgan fingerprint density at radius 1 is 1.03 bits per heavy atom. The topological polar surface area (TPSA) is 88.3 Å². The summed E-state index contributed by atoms with van der Waals surface area (Å²) in [5, 5.41) is 13.9. The molecule has 1 atom stereocenters. The van der Waals surface area contributed by atoms with Crippen LogP contribution in [0, 0.1) is 0 Å². The van der Waals surface area contributed by atoms with Crippen LogP contribution in [-0.2, 0) is 11.3 Å². The zero-order chi connectivity index (χ0) is 23.2. The standard InChI is InChI=1S/C26H30N6O2/c33-26(28-10-4-12-31-14-11-27-19-31)21-8-9-22-23(18-21)30-25(32-13-5-16-34-17-15-32)24(29-22)20-6-2-1-3-7-20/h1-3,6-9,11,14,18-19,26,28,33H,4-5,10,12-13,15-17H2. The van der Waals surface area contributed by atoms with Gasteiger partial charge in [0, 0.05) is 44.2 Å². The summed E-state index contributed by atoms with van der Waals surface area (Å²) in [6.45, 7) is 4.64. The molecule has 0 radical (unpaired) electrons. The van der Waals surface area contributed by atoms with Gasteiger partial charge in [-0.1, -0.05) is 36.4 Å². The number of aromatic nitrogens is 4. The van der Waals surface area contributed by atoms with E-state index in [1.807, 2.05) is 47.2 Å². The van der Waals surface area contributed by atoms with Gasteiger partial charge < -0.3 is 19.3 Å². The first-order valence-electron chi connectivity index (χ1n) is 11.8. The first kappa shape index (κ1) is 22.5. The summed E-state index contributed by atoms with van der Waals surface area (Å²) >= 11 is 0. The lowest BCUT2D eigenvalue weighted by atomic mass is 10.1. The van der Waals surface area contributed by atoms with Crippen LogP contribution in [0.5, 0.6) is 0 Å². The molecule has 0 amide bonds. The van der Waals surface area contributed by atoms with Crippen molar-refractivity contribution in [3.05, 3.63) is 72.8 Å². The lowest BCUT2D eigenvalue weighted by Gasteiger charge is -2.24. The number of aliphatic hydroxyl groups is 1. The zero-order valence-electron chi connectivity index (χ0n) is 19.2. The molecular formula is C26H30N6O2. The third kappa shape index (κ3) is 5.25. The Bertz CT molecular complexity index is 1190. The van der Waals surface area contributed by atoms with Crippen molar-refractivity contribution in [3.8, 4) is 11.3 Å². The van der Waals surface area contributed by atoms with Crippen LogP contribution in [0.4, 0.5) is 5.82 Å². The Morgan fingerprint density at radius 2 is 1.94 bits per heavy atom. The summed E-state index contributed by atoms with van der Waals surface area (Å²) in [4.78, 5) is 16.4. The highest BCUT2D eigenvalue weighted by atomic mass is 16.5. The third-order valence-corrected chi connectivity index (χ3v) is 6.04. The van der Waals surface area contributed by atoms with Crippen molar-refractivity contribution in [2.24, 2.45) is 0 Å². The number of imidazole rings is 1. The van der Waals surface area contributed by atoms with Crippen molar-refractivity contribution in [2.75, 3.05) is 37.7 Å². The molecule has 176 valence electrons. The Labute approximate surface area is 199 Å². The van der Waals surface area contributed by atoms with E-state index in [0.29, 0.717) is 13.2 Å². The molecule has 2 aromatic carbocycles. The van der Waals surface area contributed by atoms with Crippen LogP contribution in [-0.4, -0.2) is 57.5 Å². The number of aryl methyl sites for hydroxylation is 1. The molecule has 0 aliphatic carbocycles. The van der Waals surface area contributed by atoms with E-state index < -0.39 is 6.23 Å². The fourth-order valence-corrected chi connectivity index (χ4v) is 4.24. The Balaban J connectivity index is 1.39. The monoisotopic (exact) mass is 458 g/mol. The minimum absolute atomic E-state index is 0.676. The maximum absolute atomic E-state index is 10.7. The highest BCUT2D eigenvalue weighted by Gasteiger charge is 2.19. The molecule has 4 aromatic rings. The van der Waals surface area contributed by atoms with Crippen molar-refractivity contribution >= 4 is 16.9 Å². The van der Waals surface area contributed by atoms with Gasteiger partial charge in [0.1, 0.15) is 11.9 Å². The molecule has 2 aromatic heterocycles. The Kier molecular flexibility index (Phi) is 7.09. The first-order valence-corrected chi connectivity index (χ1v) is 11.8. The maximum atomic E-state index is 10.7. The molecule has 34 heavy (non-hydrogen) atoms. The summed E-state index contributed by atoms with van der Waals surface area (Å²) < 4.78 is 7.69. The molecule has 8 heteroatoms. The summed E-state index contributed by atoms with van der Waals surface area (Å²) in [5.74, 6) is 0.865. The number of ether oxygens (including phenoxy) is 1. The SMILES string of the molecule is OC(NCCCn1ccnc1)c1ccc2nc(-c3ccccc3)c(N3CCCOCC3)nc2c1. The number of nitrogens with one attached hydrogen (secondary N) is 1. The van der Waals surface area contributed by atoms with Crippen molar-refractivity contribution < 1.29 is 9.84 Å². The van der Waals surface area contributed by atoms with Gasteiger partial charge in [-0.25, -0.2) is 15.0 Å². The summed E-state index contributed by atoms with van der Waals surface area (Å²) in [6, 6.07) is 16.0. The van der Waals surface area contributed by atoms with Crippen LogP contribution in [0.15, 0.2) is 67.3 Å². The van der Waals surface area contributed by atoms with E-state index >= 15 is 0 Å². The Morgan fingerprint density at radius 3 is 2.79 bits per heavy atom. The van der Waals surface area contributed by atoms with Gasteiger partial charge in [-0.05, 0) is 37.1 Å². The fourth-order valence-electron chi connectivity index (χ4n) is 4.24. The number of rotatable bonds is 8. The zero-order valence-corrected chi connectivity index (χ0v) is 19.2. The number of hydrogen-bond acceptors (Lipinski definition) is 7. The lowest BCUT2D eigenvalue weighted by Crippen LogP contribution is -2.28. The molecule has 3 heterocycles. The maximum Gasteiger partial charge on any atom is 0.156 e. The molecule has 1 aliphatic rings. The van der Waals surface area contributed by atoms with E-state index in [9.17, 15) is 5.11 Å². The van der Waals surface area contributed by atoms with E-state index in [2.05, 4.69) is 27.3 Å². The molecule has 0 saturated carbocycles. The van der Waals surface area contributed by atoms with Gasteiger partial charge in [0.05, 0.1) is 24.0 Å². The third-order valence-electron chi connectivity index (χ3n) is 6.04. The fraction of sp³-hybridized carbons (Fsp3) is 0.346. The van der Waals surface area contributed by atoms with Gasteiger partial charge in [-0.2, -0.15) is 0 Å². The van der Waals surface area contributed by atoms with Gasteiger partial charge in [-0.15, -0.1) is 0 Å². The quantitative estimate of drug-likeness (QED) is 0.309. The van der Waals surface area contributed by atoms with E-state index in [1.165, 1.54) is 0 Å². The molecule has 2 N–H and O–H groups in total. The van der Waals surface area contributed by atoms with Gasteiger partial charge >= 0.3 is 0 Å². The van der Waals surface area contributed by atoms with Crippen LogP contribution in [0.3, 0.4) is 0 Å². The molecule has 5 rings (SSSR count).